The van der Waals surface area contributed by atoms with Crippen molar-refractivity contribution >= 4 is 15.8 Å². The molecule has 2 aromatic rings. The highest BCUT2D eigenvalue weighted by atomic mass is 32.2. The molecule has 0 aliphatic carbocycles. The molecule has 128 valence electrons. The second-order valence-corrected chi connectivity index (χ2v) is 7.27. The minimum Gasteiger partial charge on any atom is -0.384 e. The van der Waals surface area contributed by atoms with Crippen LogP contribution in [0.1, 0.15) is 11.1 Å². The van der Waals surface area contributed by atoms with Crippen molar-refractivity contribution in [2.75, 3.05) is 19.8 Å². The average molecular weight is 361 g/mol. The maximum atomic E-state index is 14.0. The van der Waals surface area contributed by atoms with E-state index < -0.39 is 31.9 Å². The predicted molar refractivity (Wildman–Crippen MR) is 87.2 cm³/mol. The molecule has 0 atom stereocenters. The molecule has 1 aromatic carbocycles. The number of sulfonamides is 1. The Morgan fingerprint density at radius 3 is 2.32 bits per heavy atom. The number of benzene rings is 1. The molecule has 3 N–H and O–H groups in total. The van der Waals surface area contributed by atoms with Crippen LogP contribution in [0.4, 0.5) is 10.2 Å². The number of halogens is 1. The van der Waals surface area contributed by atoms with Crippen molar-refractivity contribution in [1.82, 2.24) is 9.29 Å². The molecule has 25 heavy (non-hydrogen) atoms. The monoisotopic (exact) mass is 361 g/mol. The summed E-state index contributed by atoms with van der Waals surface area (Å²) in [6.07, 6.45) is 0. The number of rotatable bonds is 3. The summed E-state index contributed by atoms with van der Waals surface area (Å²) in [6, 6.07) is 6.42. The van der Waals surface area contributed by atoms with Gasteiger partial charge in [-0.3, -0.25) is 4.79 Å². The SMILES string of the molecule is CN(C)S(=O)(=O)c1cc(-c2c(C#N)c(N)[nH]c(=O)c2C#N)ccc1F. The molecule has 0 aliphatic rings. The molecule has 8 nitrogen and oxygen atoms in total. The third-order valence-corrected chi connectivity index (χ3v) is 5.28. The van der Waals surface area contributed by atoms with E-state index in [1.807, 2.05) is 0 Å². The molecule has 2 rings (SSSR count). The number of H-pyrrole nitrogens is 1. The number of nitrogens with two attached hydrogens (primary N) is 1. The largest absolute Gasteiger partial charge is 0.384 e. The molecule has 0 fully saturated rings. The van der Waals surface area contributed by atoms with E-state index in [4.69, 9.17) is 5.73 Å². The summed E-state index contributed by atoms with van der Waals surface area (Å²) in [4.78, 5) is 13.4. The molecule has 10 heteroatoms. The third kappa shape index (κ3) is 2.96. The molecule has 0 aliphatic heterocycles. The van der Waals surface area contributed by atoms with Crippen LogP contribution in [0, 0.1) is 28.5 Å². The van der Waals surface area contributed by atoms with Crippen LogP contribution in [0.25, 0.3) is 11.1 Å². The van der Waals surface area contributed by atoms with E-state index in [1.165, 1.54) is 20.2 Å². The fraction of sp³-hybridized carbons (Fsp3) is 0.133. The fourth-order valence-electron chi connectivity index (χ4n) is 2.19. The summed E-state index contributed by atoms with van der Waals surface area (Å²) < 4.78 is 39.3. The van der Waals surface area contributed by atoms with E-state index in [1.54, 1.807) is 12.1 Å². The van der Waals surface area contributed by atoms with Gasteiger partial charge in [0.15, 0.2) is 0 Å². The van der Waals surface area contributed by atoms with Gasteiger partial charge in [-0.2, -0.15) is 10.5 Å². The summed E-state index contributed by atoms with van der Waals surface area (Å²) in [6.45, 7) is 0. The van der Waals surface area contributed by atoms with Crippen LogP contribution in [0.15, 0.2) is 27.9 Å². The molecule has 1 aromatic heterocycles. The Bertz CT molecular complexity index is 1110. The topological polar surface area (TPSA) is 144 Å². The number of pyridine rings is 1. The van der Waals surface area contributed by atoms with Crippen molar-refractivity contribution in [3.05, 3.63) is 45.5 Å². The molecule has 0 saturated heterocycles. The van der Waals surface area contributed by atoms with E-state index in [2.05, 4.69) is 4.98 Å². The number of nitriles is 2. The quantitative estimate of drug-likeness (QED) is 0.826. The fourth-order valence-corrected chi connectivity index (χ4v) is 3.17. The Morgan fingerprint density at radius 2 is 1.80 bits per heavy atom. The van der Waals surface area contributed by atoms with E-state index in [0.29, 0.717) is 0 Å². The van der Waals surface area contributed by atoms with Crippen molar-refractivity contribution in [3.8, 4) is 23.3 Å². The van der Waals surface area contributed by atoms with E-state index >= 15 is 0 Å². The smallest absolute Gasteiger partial charge is 0.268 e. The van der Waals surface area contributed by atoms with Gasteiger partial charge in [-0.05, 0) is 17.7 Å². The number of nitrogen functional groups attached to an aromatic ring is 1. The first-order valence-corrected chi connectivity index (χ1v) is 8.17. The predicted octanol–water partition coefficient (Wildman–Crippen LogP) is 0.757. The van der Waals surface area contributed by atoms with Gasteiger partial charge in [-0.1, -0.05) is 6.07 Å². The molecule has 0 saturated carbocycles. The first-order valence-electron chi connectivity index (χ1n) is 6.73. The molecule has 0 unspecified atom stereocenters. The van der Waals surface area contributed by atoms with Crippen LogP contribution in [0.5, 0.6) is 0 Å². The summed E-state index contributed by atoms with van der Waals surface area (Å²) in [5, 5.41) is 18.5. The molecular formula is C15H12FN5O3S. The lowest BCUT2D eigenvalue weighted by Crippen LogP contribution is -2.23. The lowest BCUT2D eigenvalue weighted by molar-refractivity contribution is 0.508. The van der Waals surface area contributed by atoms with Crippen LogP contribution >= 0.6 is 0 Å². The third-order valence-electron chi connectivity index (χ3n) is 3.45. The van der Waals surface area contributed by atoms with Crippen LogP contribution in [0.3, 0.4) is 0 Å². The Morgan fingerprint density at radius 1 is 1.20 bits per heavy atom. The Hall–Kier alpha value is -3.21. The first-order chi connectivity index (χ1) is 11.6. The van der Waals surface area contributed by atoms with E-state index in [0.717, 1.165) is 16.4 Å². The zero-order valence-electron chi connectivity index (χ0n) is 13.2. The van der Waals surface area contributed by atoms with Crippen LogP contribution < -0.4 is 11.3 Å². The minimum atomic E-state index is -4.12. The average Bonchev–Trinajstić information content (AvgIpc) is 2.54. The number of anilines is 1. The van der Waals surface area contributed by atoms with E-state index in [-0.39, 0.29) is 22.5 Å². The van der Waals surface area contributed by atoms with Crippen molar-refractivity contribution in [3.63, 3.8) is 0 Å². The summed E-state index contributed by atoms with van der Waals surface area (Å²) in [5.74, 6) is -1.28. The highest BCUT2D eigenvalue weighted by molar-refractivity contribution is 7.89. The van der Waals surface area contributed by atoms with Gasteiger partial charge < -0.3 is 10.7 Å². The number of nitrogens with one attached hydrogen (secondary N) is 1. The summed E-state index contributed by atoms with van der Waals surface area (Å²) in [5.41, 5.74) is 3.99. The Labute approximate surface area is 142 Å². The molecule has 0 amide bonds. The van der Waals surface area contributed by atoms with Gasteiger partial charge in [0.25, 0.3) is 5.56 Å². The van der Waals surface area contributed by atoms with Crippen molar-refractivity contribution in [2.45, 2.75) is 4.90 Å². The lowest BCUT2D eigenvalue weighted by atomic mass is 9.97. The van der Waals surface area contributed by atoms with E-state index in [9.17, 15) is 28.1 Å². The zero-order valence-corrected chi connectivity index (χ0v) is 14.0. The van der Waals surface area contributed by atoms with Gasteiger partial charge in [-0.25, -0.2) is 17.1 Å². The first kappa shape index (κ1) is 18.1. The van der Waals surface area contributed by atoms with Crippen LogP contribution in [-0.2, 0) is 10.0 Å². The maximum Gasteiger partial charge on any atom is 0.268 e. The van der Waals surface area contributed by atoms with Crippen molar-refractivity contribution in [1.29, 1.82) is 10.5 Å². The normalized spacial score (nSPS) is 11.1. The summed E-state index contributed by atoms with van der Waals surface area (Å²) in [7, 11) is -1.66. The van der Waals surface area contributed by atoms with Crippen LogP contribution in [0.2, 0.25) is 0 Å². The Balaban J connectivity index is 2.94. The molecular weight excluding hydrogens is 349 g/mol. The second kappa shape index (κ2) is 6.36. The second-order valence-electron chi connectivity index (χ2n) is 5.15. The number of aromatic amines is 1. The van der Waals surface area contributed by atoms with Gasteiger partial charge in [0.1, 0.15) is 39.8 Å². The number of nitrogens with zero attached hydrogens (tertiary/aromatic N) is 3. The van der Waals surface area contributed by atoms with Gasteiger partial charge >= 0.3 is 0 Å². The molecule has 0 spiro atoms. The minimum absolute atomic E-state index is 0.00715. The molecule has 0 radical (unpaired) electrons. The molecule has 1 heterocycles. The van der Waals surface area contributed by atoms with Gasteiger partial charge in [0.05, 0.1) is 0 Å². The Kier molecular flexibility index (Phi) is 4.61. The number of hydrogen-bond donors (Lipinski definition) is 2. The van der Waals surface area contributed by atoms with Crippen LogP contribution in [-0.4, -0.2) is 31.8 Å². The van der Waals surface area contributed by atoms with Gasteiger partial charge in [-0.15, -0.1) is 0 Å². The standard InChI is InChI=1S/C15H12FN5O3S/c1-21(2)25(23,24)12-5-8(3-4-11(12)16)13-9(6-17)14(19)20-15(22)10(13)7-18/h3-5H,1-2H3,(H3,19,20,22). The van der Waals surface area contributed by atoms with Gasteiger partial charge in [0, 0.05) is 19.7 Å². The molecule has 0 bridgehead atoms. The number of aromatic nitrogens is 1. The summed E-state index contributed by atoms with van der Waals surface area (Å²) >= 11 is 0. The highest BCUT2D eigenvalue weighted by Gasteiger charge is 2.25. The van der Waals surface area contributed by atoms with Crippen molar-refractivity contribution < 1.29 is 12.8 Å². The number of hydrogen-bond acceptors (Lipinski definition) is 6. The lowest BCUT2D eigenvalue weighted by Gasteiger charge is -2.14. The zero-order chi connectivity index (χ0) is 18.9. The van der Waals surface area contributed by atoms with Gasteiger partial charge in [0.2, 0.25) is 10.0 Å². The van der Waals surface area contributed by atoms with Crippen molar-refractivity contribution in [2.24, 2.45) is 0 Å². The highest BCUT2D eigenvalue weighted by Crippen LogP contribution is 2.31. The maximum absolute atomic E-state index is 14.0.